The Labute approximate surface area is 203 Å². The van der Waals surface area contributed by atoms with Crippen LogP contribution in [0.1, 0.15) is 36.2 Å². The van der Waals surface area contributed by atoms with Crippen LogP contribution in [0.15, 0.2) is 67.1 Å². The van der Waals surface area contributed by atoms with Gasteiger partial charge in [-0.2, -0.15) is 0 Å². The molecule has 0 saturated carbocycles. The van der Waals surface area contributed by atoms with E-state index in [4.69, 9.17) is 16.3 Å². The van der Waals surface area contributed by atoms with Gasteiger partial charge in [-0.05, 0) is 56.5 Å². The van der Waals surface area contributed by atoms with Crippen LogP contribution in [-0.4, -0.2) is 44.1 Å². The van der Waals surface area contributed by atoms with Gasteiger partial charge < -0.3 is 15.2 Å². The van der Waals surface area contributed by atoms with Gasteiger partial charge in [-0.15, -0.1) is 0 Å². The lowest BCUT2D eigenvalue weighted by molar-refractivity contribution is 0.0930. The van der Waals surface area contributed by atoms with Gasteiger partial charge in [-0.3, -0.25) is 9.20 Å². The lowest BCUT2D eigenvalue weighted by Gasteiger charge is -2.19. The number of fused-ring (bicyclic) bond motifs is 1. The highest BCUT2D eigenvalue weighted by molar-refractivity contribution is 6.32. The maximum Gasteiger partial charge on any atom is 0.251 e. The fourth-order valence-corrected chi connectivity index (χ4v) is 3.93. The maximum absolute atomic E-state index is 12.8. The molecule has 0 aliphatic carbocycles. The van der Waals surface area contributed by atoms with Crippen LogP contribution in [-0.2, 0) is 6.42 Å². The number of rotatable bonds is 9. The Kier molecular flexibility index (Phi) is 7.45. The average molecular weight is 479 g/mol. The van der Waals surface area contributed by atoms with Crippen LogP contribution in [0.5, 0.6) is 5.75 Å². The van der Waals surface area contributed by atoms with Crippen molar-refractivity contribution < 1.29 is 14.6 Å². The van der Waals surface area contributed by atoms with E-state index in [1.165, 1.54) is 0 Å². The molecule has 4 aromatic rings. The number of aromatic nitrogens is 3. The molecule has 0 bridgehead atoms. The summed E-state index contributed by atoms with van der Waals surface area (Å²) in [6.45, 7) is 3.80. The lowest BCUT2D eigenvalue weighted by Crippen LogP contribution is -2.37. The van der Waals surface area contributed by atoms with Crippen molar-refractivity contribution in [1.29, 1.82) is 0 Å². The predicted molar refractivity (Wildman–Crippen MR) is 132 cm³/mol. The molecule has 1 amide bonds. The molecule has 0 fully saturated rings. The molecule has 34 heavy (non-hydrogen) atoms. The molecule has 176 valence electrons. The zero-order valence-corrected chi connectivity index (χ0v) is 19.9. The molecule has 7 nitrogen and oxygen atoms in total. The number of imidazole rings is 1. The summed E-state index contributed by atoms with van der Waals surface area (Å²) < 4.78 is 7.51. The minimum atomic E-state index is -0.245. The number of carbonyl (C=O) groups excluding carboxylic acids is 1. The fraction of sp³-hybridized carbons (Fsp3) is 0.269. The summed E-state index contributed by atoms with van der Waals surface area (Å²) in [6, 6.07) is 14.6. The highest BCUT2D eigenvalue weighted by Crippen LogP contribution is 2.26. The number of aliphatic hydroxyl groups excluding tert-OH is 1. The third-order valence-corrected chi connectivity index (χ3v) is 5.63. The standard InChI is InChI=1S/C26H27ClN4O3/c1-17(2)34-24-9-8-20(15-22(24)27)25(33)29-21(10-13-32)14-18-4-6-19(7-5-18)23-16-31-12-3-11-28-26(31)30-23/h3-9,11-12,15-17,21,32H,10,13-14H2,1-2H3,(H,29,33)/t21-/m1/s1. The van der Waals surface area contributed by atoms with Crippen molar-refractivity contribution in [1.82, 2.24) is 19.7 Å². The van der Waals surface area contributed by atoms with Crippen LogP contribution in [0.3, 0.4) is 0 Å². The number of nitrogens with one attached hydrogen (secondary N) is 1. The van der Waals surface area contributed by atoms with E-state index in [1.807, 2.05) is 61.0 Å². The Bertz CT molecular complexity index is 1240. The lowest BCUT2D eigenvalue weighted by atomic mass is 10.0. The molecule has 0 aliphatic heterocycles. The Morgan fingerprint density at radius 1 is 1.21 bits per heavy atom. The number of hydrogen-bond acceptors (Lipinski definition) is 5. The van der Waals surface area contributed by atoms with Crippen molar-refractivity contribution in [2.24, 2.45) is 0 Å². The van der Waals surface area contributed by atoms with Gasteiger partial charge in [0, 0.05) is 42.4 Å². The van der Waals surface area contributed by atoms with E-state index in [0.29, 0.717) is 35.0 Å². The second-order valence-corrected chi connectivity index (χ2v) is 8.76. The molecule has 0 unspecified atom stereocenters. The first kappa shape index (κ1) is 23.7. The van der Waals surface area contributed by atoms with E-state index in [-0.39, 0.29) is 24.7 Å². The zero-order chi connectivity index (χ0) is 24.1. The largest absolute Gasteiger partial charge is 0.489 e. The van der Waals surface area contributed by atoms with Crippen LogP contribution in [0, 0.1) is 0 Å². The second-order valence-electron chi connectivity index (χ2n) is 8.35. The summed E-state index contributed by atoms with van der Waals surface area (Å²) in [6.07, 6.45) is 6.58. The summed E-state index contributed by atoms with van der Waals surface area (Å²) in [5.74, 6) is 0.947. The molecule has 2 aromatic heterocycles. The van der Waals surface area contributed by atoms with Gasteiger partial charge in [-0.1, -0.05) is 35.9 Å². The molecule has 0 spiro atoms. The van der Waals surface area contributed by atoms with Crippen LogP contribution >= 0.6 is 11.6 Å². The van der Waals surface area contributed by atoms with Gasteiger partial charge in [0.1, 0.15) is 5.75 Å². The van der Waals surface area contributed by atoms with Gasteiger partial charge in [0.25, 0.3) is 5.91 Å². The minimum Gasteiger partial charge on any atom is -0.489 e. The number of aliphatic hydroxyl groups is 1. The Balaban J connectivity index is 1.43. The van der Waals surface area contributed by atoms with Crippen LogP contribution in [0.2, 0.25) is 5.02 Å². The third kappa shape index (κ3) is 5.73. The van der Waals surface area contributed by atoms with Gasteiger partial charge >= 0.3 is 0 Å². The van der Waals surface area contributed by atoms with E-state index in [2.05, 4.69) is 15.3 Å². The van der Waals surface area contributed by atoms with Crippen molar-refractivity contribution in [3.8, 4) is 17.0 Å². The summed E-state index contributed by atoms with van der Waals surface area (Å²) in [7, 11) is 0. The highest BCUT2D eigenvalue weighted by Gasteiger charge is 2.16. The summed E-state index contributed by atoms with van der Waals surface area (Å²) in [5, 5.41) is 12.9. The molecule has 2 N–H and O–H groups in total. The number of benzene rings is 2. The van der Waals surface area contributed by atoms with Crippen molar-refractivity contribution >= 4 is 23.3 Å². The predicted octanol–water partition coefficient (Wildman–Crippen LogP) is 4.56. The van der Waals surface area contributed by atoms with E-state index < -0.39 is 0 Å². The van der Waals surface area contributed by atoms with Crippen molar-refractivity contribution in [3.05, 3.63) is 83.3 Å². The van der Waals surface area contributed by atoms with Crippen LogP contribution < -0.4 is 10.1 Å². The molecule has 0 aliphatic rings. The number of ether oxygens (including phenoxy) is 1. The van der Waals surface area contributed by atoms with Crippen molar-refractivity contribution in [3.63, 3.8) is 0 Å². The third-order valence-electron chi connectivity index (χ3n) is 5.34. The summed E-state index contributed by atoms with van der Waals surface area (Å²) in [5.41, 5.74) is 3.31. The van der Waals surface area contributed by atoms with Crippen LogP contribution in [0.4, 0.5) is 0 Å². The van der Waals surface area contributed by atoms with Crippen molar-refractivity contribution in [2.45, 2.75) is 38.8 Å². The molecular weight excluding hydrogens is 452 g/mol. The first-order valence-corrected chi connectivity index (χ1v) is 11.6. The van der Waals surface area contributed by atoms with Crippen molar-refractivity contribution in [2.75, 3.05) is 6.61 Å². The van der Waals surface area contributed by atoms with Crippen LogP contribution in [0.25, 0.3) is 17.0 Å². The van der Waals surface area contributed by atoms with Gasteiger partial charge in [0.15, 0.2) is 0 Å². The quantitative estimate of drug-likeness (QED) is 0.368. The Morgan fingerprint density at radius 2 is 2.00 bits per heavy atom. The van der Waals surface area contributed by atoms with E-state index in [0.717, 1.165) is 16.8 Å². The fourth-order valence-electron chi connectivity index (χ4n) is 3.71. The average Bonchev–Trinajstić information content (AvgIpc) is 3.25. The first-order chi connectivity index (χ1) is 16.4. The normalized spacial score (nSPS) is 12.1. The number of halogens is 1. The Hall–Kier alpha value is -3.42. The number of carbonyl (C=O) groups is 1. The molecular formula is C26H27ClN4O3. The number of hydrogen-bond donors (Lipinski definition) is 2. The molecule has 4 rings (SSSR count). The monoisotopic (exact) mass is 478 g/mol. The molecule has 2 heterocycles. The summed E-state index contributed by atoms with van der Waals surface area (Å²) >= 11 is 6.28. The first-order valence-electron chi connectivity index (χ1n) is 11.2. The molecule has 0 saturated heterocycles. The van der Waals surface area contributed by atoms with Gasteiger partial charge in [0.05, 0.1) is 16.8 Å². The van der Waals surface area contributed by atoms with E-state index in [1.54, 1.807) is 24.4 Å². The van der Waals surface area contributed by atoms with E-state index in [9.17, 15) is 9.90 Å². The molecule has 8 heteroatoms. The topological polar surface area (TPSA) is 88.8 Å². The second kappa shape index (κ2) is 10.7. The van der Waals surface area contributed by atoms with Gasteiger partial charge in [-0.25, -0.2) is 9.97 Å². The molecule has 0 radical (unpaired) electrons. The number of amides is 1. The van der Waals surface area contributed by atoms with Gasteiger partial charge in [0.2, 0.25) is 5.78 Å². The molecule has 1 atom stereocenters. The number of nitrogens with zero attached hydrogens (tertiary/aromatic N) is 3. The molecule has 2 aromatic carbocycles. The SMILES string of the molecule is CC(C)Oc1ccc(C(=O)N[C@H](CCO)Cc2ccc(-c3cn4cccnc4n3)cc2)cc1Cl. The summed E-state index contributed by atoms with van der Waals surface area (Å²) in [4.78, 5) is 21.6. The zero-order valence-electron chi connectivity index (χ0n) is 19.1. The highest BCUT2D eigenvalue weighted by atomic mass is 35.5. The minimum absolute atomic E-state index is 0.0122. The van der Waals surface area contributed by atoms with E-state index >= 15 is 0 Å². The smallest absolute Gasteiger partial charge is 0.251 e. The Morgan fingerprint density at radius 3 is 2.68 bits per heavy atom. The maximum atomic E-state index is 12.8.